The van der Waals surface area contributed by atoms with Gasteiger partial charge in [0.15, 0.2) is 0 Å². The maximum atomic E-state index is 13.4. The van der Waals surface area contributed by atoms with E-state index >= 15 is 0 Å². The lowest BCUT2D eigenvalue weighted by atomic mass is 10.0. The molecule has 1 aromatic carbocycles. The molecular formula is C22H22N4O4. The van der Waals surface area contributed by atoms with Crippen molar-refractivity contribution in [3.8, 4) is 0 Å². The zero-order valence-electron chi connectivity index (χ0n) is 16.6. The summed E-state index contributed by atoms with van der Waals surface area (Å²) in [6.07, 6.45) is 7.80. The first-order valence-corrected chi connectivity index (χ1v) is 9.95. The molecule has 1 fully saturated rings. The number of allylic oxidation sites excluding steroid dienone is 2. The molecule has 30 heavy (non-hydrogen) atoms. The standard InChI is InChI=1S/C22H22N4O4/c1-13-24-16-9-5-8-15(12-23-20(28)14-6-3-2-4-7-14)19(16)22(30)26(13)17-10-11-18(27)25-21(17)29/h3,5-9,17H,2,4,10-12H2,1H3,(H,23,28)(H,25,27,29). The summed E-state index contributed by atoms with van der Waals surface area (Å²) in [5.74, 6) is -0.640. The van der Waals surface area contributed by atoms with Crippen molar-refractivity contribution < 1.29 is 14.4 Å². The lowest BCUT2D eigenvalue weighted by molar-refractivity contribution is -0.135. The molecule has 1 saturated heterocycles. The molecule has 3 amide bonds. The molecule has 8 nitrogen and oxygen atoms in total. The summed E-state index contributed by atoms with van der Waals surface area (Å²) < 4.78 is 1.35. The van der Waals surface area contributed by atoms with Gasteiger partial charge >= 0.3 is 0 Å². The number of aromatic nitrogens is 2. The van der Waals surface area contributed by atoms with Gasteiger partial charge in [0.25, 0.3) is 11.5 Å². The molecule has 2 aromatic rings. The number of hydrogen-bond acceptors (Lipinski definition) is 5. The van der Waals surface area contributed by atoms with Crippen molar-refractivity contribution in [2.24, 2.45) is 0 Å². The molecule has 1 aliphatic carbocycles. The maximum absolute atomic E-state index is 13.4. The van der Waals surface area contributed by atoms with E-state index in [0.29, 0.717) is 27.9 Å². The third kappa shape index (κ3) is 3.68. The minimum Gasteiger partial charge on any atom is -0.348 e. The van der Waals surface area contributed by atoms with E-state index in [1.807, 2.05) is 12.2 Å². The van der Waals surface area contributed by atoms with Crippen LogP contribution in [0.4, 0.5) is 0 Å². The Kier molecular flexibility index (Phi) is 5.31. The van der Waals surface area contributed by atoms with E-state index in [4.69, 9.17) is 0 Å². The van der Waals surface area contributed by atoms with Gasteiger partial charge in [-0.2, -0.15) is 0 Å². The summed E-state index contributed by atoms with van der Waals surface area (Å²) in [6, 6.07) is 4.50. The maximum Gasteiger partial charge on any atom is 0.262 e. The van der Waals surface area contributed by atoms with Gasteiger partial charge < -0.3 is 5.32 Å². The molecule has 0 spiro atoms. The highest BCUT2D eigenvalue weighted by molar-refractivity contribution is 5.99. The van der Waals surface area contributed by atoms with Crippen LogP contribution < -0.4 is 16.2 Å². The van der Waals surface area contributed by atoms with Gasteiger partial charge in [0.05, 0.1) is 10.9 Å². The molecule has 2 N–H and O–H groups in total. The topological polar surface area (TPSA) is 110 Å². The molecular weight excluding hydrogens is 384 g/mol. The summed E-state index contributed by atoms with van der Waals surface area (Å²) in [5.41, 5.74) is 1.38. The van der Waals surface area contributed by atoms with Crippen LogP contribution in [0.15, 0.2) is 46.8 Å². The number of piperidine rings is 1. The minimum atomic E-state index is -0.785. The fourth-order valence-corrected chi connectivity index (χ4v) is 3.92. The summed E-state index contributed by atoms with van der Waals surface area (Å²) in [4.78, 5) is 54.1. The van der Waals surface area contributed by atoms with E-state index in [9.17, 15) is 19.2 Å². The number of carbonyl (C=O) groups excluding carboxylic acids is 3. The van der Waals surface area contributed by atoms with Gasteiger partial charge in [-0.25, -0.2) is 4.98 Å². The minimum absolute atomic E-state index is 0.163. The number of nitrogens with zero attached hydrogens (tertiary/aromatic N) is 2. The summed E-state index contributed by atoms with van der Waals surface area (Å²) >= 11 is 0. The van der Waals surface area contributed by atoms with E-state index in [0.717, 1.165) is 12.8 Å². The van der Waals surface area contributed by atoms with Crippen molar-refractivity contribution in [3.05, 3.63) is 63.7 Å². The molecule has 2 heterocycles. The smallest absolute Gasteiger partial charge is 0.262 e. The van der Waals surface area contributed by atoms with Crippen LogP contribution in [0, 0.1) is 6.92 Å². The van der Waals surface area contributed by atoms with Crippen LogP contribution in [-0.2, 0) is 20.9 Å². The number of aryl methyl sites for hydroxylation is 1. The number of carbonyl (C=O) groups is 3. The second kappa shape index (κ2) is 8.06. The average Bonchev–Trinajstić information content (AvgIpc) is 2.73. The predicted octanol–water partition coefficient (Wildman–Crippen LogP) is 1.58. The molecule has 2 aliphatic rings. The normalized spacial score (nSPS) is 18.8. The van der Waals surface area contributed by atoms with Gasteiger partial charge in [-0.15, -0.1) is 0 Å². The van der Waals surface area contributed by atoms with Gasteiger partial charge in [0.1, 0.15) is 11.9 Å². The number of benzene rings is 1. The Bertz CT molecular complexity index is 1180. The Balaban J connectivity index is 1.69. The summed E-state index contributed by atoms with van der Waals surface area (Å²) in [7, 11) is 0. The third-order valence-corrected chi connectivity index (χ3v) is 5.41. The lowest BCUT2D eigenvalue weighted by Crippen LogP contribution is -2.45. The largest absolute Gasteiger partial charge is 0.348 e. The molecule has 154 valence electrons. The molecule has 0 radical (unpaired) electrons. The van der Waals surface area contributed by atoms with Crippen molar-refractivity contribution in [1.82, 2.24) is 20.2 Å². The highest BCUT2D eigenvalue weighted by Gasteiger charge is 2.30. The van der Waals surface area contributed by atoms with Crippen molar-refractivity contribution in [2.45, 2.75) is 45.2 Å². The molecule has 1 aliphatic heterocycles. The second-order valence-corrected chi connectivity index (χ2v) is 7.43. The van der Waals surface area contributed by atoms with E-state index in [1.165, 1.54) is 4.57 Å². The van der Waals surface area contributed by atoms with Gasteiger partial charge in [-0.05, 0) is 37.8 Å². The van der Waals surface area contributed by atoms with Crippen LogP contribution >= 0.6 is 0 Å². The van der Waals surface area contributed by atoms with Gasteiger partial charge in [-0.3, -0.25) is 29.1 Å². The lowest BCUT2D eigenvalue weighted by Gasteiger charge is -2.24. The number of imide groups is 1. The Labute approximate surface area is 172 Å². The first-order valence-electron chi connectivity index (χ1n) is 9.95. The van der Waals surface area contributed by atoms with E-state index < -0.39 is 11.9 Å². The van der Waals surface area contributed by atoms with Gasteiger partial charge in [-0.1, -0.05) is 30.4 Å². The SMILES string of the molecule is Cc1nc2cccc(CNC(=O)C3=CCCC=C3)c2c(=O)n1C1CCC(=O)NC1=O. The van der Waals surface area contributed by atoms with E-state index in [2.05, 4.69) is 15.6 Å². The highest BCUT2D eigenvalue weighted by atomic mass is 16.2. The quantitative estimate of drug-likeness (QED) is 0.749. The number of rotatable bonds is 4. The first-order chi connectivity index (χ1) is 14.5. The predicted molar refractivity (Wildman–Crippen MR) is 110 cm³/mol. The fraction of sp³-hybridized carbons (Fsp3) is 0.318. The summed E-state index contributed by atoms with van der Waals surface area (Å²) in [5, 5.41) is 5.51. The zero-order chi connectivity index (χ0) is 21.3. The Morgan fingerprint density at radius 2 is 2.10 bits per heavy atom. The monoisotopic (exact) mass is 406 g/mol. The van der Waals surface area contributed by atoms with Crippen LogP contribution in [0.2, 0.25) is 0 Å². The molecule has 0 saturated carbocycles. The van der Waals surface area contributed by atoms with Gasteiger partial charge in [0.2, 0.25) is 11.8 Å². The Morgan fingerprint density at radius 3 is 2.83 bits per heavy atom. The Hall–Kier alpha value is -3.55. The van der Waals surface area contributed by atoms with Crippen LogP contribution in [-0.4, -0.2) is 27.3 Å². The molecule has 8 heteroatoms. The zero-order valence-corrected chi connectivity index (χ0v) is 16.6. The van der Waals surface area contributed by atoms with E-state index in [-0.39, 0.29) is 36.8 Å². The number of fused-ring (bicyclic) bond motifs is 1. The number of amides is 3. The molecule has 1 atom stereocenters. The van der Waals surface area contributed by atoms with Crippen LogP contribution in [0.1, 0.15) is 43.1 Å². The molecule has 1 unspecified atom stereocenters. The molecule has 4 rings (SSSR count). The first kappa shape index (κ1) is 19.8. The van der Waals surface area contributed by atoms with Crippen LogP contribution in [0.3, 0.4) is 0 Å². The van der Waals surface area contributed by atoms with Crippen molar-refractivity contribution in [3.63, 3.8) is 0 Å². The van der Waals surface area contributed by atoms with Crippen molar-refractivity contribution in [1.29, 1.82) is 0 Å². The number of hydrogen-bond donors (Lipinski definition) is 2. The third-order valence-electron chi connectivity index (χ3n) is 5.41. The van der Waals surface area contributed by atoms with Crippen molar-refractivity contribution >= 4 is 28.6 Å². The Morgan fingerprint density at radius 1 is 1.27 bits per heavy atom. The van der Waals surface area contributed by atoms with Crippen molar-refractivity contribution in [2.75, 3.05) is 0 Å². The summed E-state index contributed by atoms with van der Waals surface area (Å²) in [6.45, 7) is 1.83. The van der Waals surface area contributed by atoms with Crippen LogP contribution in [0.5, 0.6) is 0 Å². The average molecular weight is 406 g/mol. The number of nitrogens with one attached hydrogen (secondary N) is 2. The fourth-order valence-electron chi connectivity index (χ4n) is 3.92. The van der Waals surface area contributed by atoms with Crippen LogP contribution in [0.25, 0.3) is 10.9 Å². The highest BCUT2D eigenvalue weighted by Crippen LogP contribution is 2.21. The molecule has 0 bridgehead atoms. The van der Waals surface area contributed by atoms with E-state index in [1.54, 1.807) is 31.2 Å². The molecule has 1 aromatic heterocycles. The van der Waals surface area contributed by atoms with Gasteiger partial charge in [0, 0.05) is 18.5 Å². The second-order valence-electron chi connectivity index (χ2n) is 7.43.